The van der Waals surface area contributed by atoms with Crippen molar-refractivity contribution in [3.05, 3.63) is 98.7 Å². The number of hydrogen-bond acceptors (Lipinski definition) is 2. The molecule has 3 aromatic rings. The number of carbonyl (C=O) groups is 1. The number of amides is 1. The smallest absolute Gasteiger partial charge is 0.244 e. The second kappa shape index (κ2) is 8.08. The van der Waals surface area contributed by atoms with E-state index in [4.69, 9.17) is 0 Å². The second-order valence-electron chi connectivity index (χ2n) is 5.24. The Morgan fingerprint density at radius 1 is 0.917 bits per heavy atom. The van der Waals surface area contributed by atoms with E-state index in [0.29, 0.717) is 0 Å². The van der Waals surface area contributed by atoms with Crippen molar-refractivity contribution in [1.29, 1.82) is 0 Å². The van der Waals surface area contributed by atoms with Crippen molar-refractivity contribution in [3.63, 3.8) is 0 Å². The molecule has 0 bridgehead atoms. The molecule has 0 saturated carbocycles. The predicted molar refractivity (Wildman–Crippen MR) is 104 cm³/mol. The van der Waals surface area contributed by atoms with Gasteiger partial charge in [0.05, 0.1) is 9.83 Å². The predicted octanol–water partition coefficient (Wildman–Crippen LogP) is 5.43. The third kappa shape index (κ3) is 4.43. The van der Waals surface area contributed by atoms with Gasteiger partial charge >= 0.3 is 0 Å². The fraction of sp³-hybridized carbons (Fsp3) is 0.0500. The summed E-state index contributed by atoms with van der Waals surface area (Å²) in [6.45, 7) is 0. The molecule has 1 aromatic heterocycles. The number of carbonyl (C=O) groups excluding carboxylic acids is 1. The lowest BCUT2D eigenvalue weighted by Gasteiger charge is -2.19. The number of halogens is 1. The maximum absolute atomic E-state index is 12.4. The molecule has 24 heavy (non-hydrogen) atoms. The van der Waals surface area contributed by atoms with Crippen molar-refractivity contribution >= 4 is 39.2 Å². The standard InChI is InChI=1S/C20H16BrNOS/c21-18-13-11-17(24-18)12-14-19(23)22-20(15-7-3-1-4-8-15)16-9-5-2-6-10-16/h1-14,20H,(H,22,23)/b14-12+. The Morgan fingerprint density at radius 3 is 2.00 bits per heavy atom. The first-order valence-corrected chi connectivity index (χ1v) is 9.17. The van der Waals surface area contributed by atoms with E-state index in [1.807, 2.05) is 78.9 Å². The van der Waals surface area contributed by atoms with Crippen LogP contribution in [0.25, 0.3) is 6.08 Å². The van der Waals surface area contributed by atoms with E-state index in [9.17, 15) is 4.79 Å². The van der Waals surface area contributed by atoms with Crippen molar-refractivity contribution in [2.75, 3.05) is 0 Å². The second-order valence-corrected chi connectivity index (χ2v) is 7.73. The van der Waals surface area contributed by atoms with Crippen molar-refractivity contribution in [3.8, 4) is 0 Å². The molecule has 0 saturated heterocycles. The molecule has 0 fully saturated rings. The minimum atomic E-state index is -0.167. The van der Waals surface area contributed by atoms with Gasteiger partial charge < -0.3 is 5.32 Å². The molecular weight excluding hydrogens is 382 g/mol. The van der Waals surface area contributed by atoms with Crippen molar-refractivity contribution < 1.29 is 4.79 Å². The summed E-state index contributed by atoms with van der Waals surface area (Å²) in [4.78, 5) is 13.4. The number of nitrogens with one attached hydrogen (secondary N) is 1. The van der Waals surface area contributed by atoms with Crippen LogP contribution >= 0.6 is 27.3 Å². The lowest BCUT2D eigenvalue weighted by atomic mass is 9.99. The van der Waals surface area contributed by atoms with Crippen LogP contribution in [0.4, 0.5) is 0 Å². The molecule has 0 aliphatic carbocycles. The zero-order valence-corrected chi connectivity index (χ0v) is 15.3. The van der Waals surface area contributed by atoms with Crippen LogP contribution in [0.15, 0.2) is 82.7 Å². The molecule has 0 radical (unpaired) electrons. The van der Waals surface area contributed by atoms with E-state index in [2.05, 4.69) is 21.2 Å². The van der Waals surface area contributed by atoms with Crippen molar-refractivity contribution in [1.82, 2.24) is 5.32 Å². The maximum atomic E-state index is 12.4. The molecule has 0 unspecified atom stereocenters. The van der Waals surface area contributed by atoms with Crippen LogP contribution in [0, 0.1) is 0 Å². The van der Waals surface area contributed by atoms with Gasteiger partial charge in [-0.1, -0.05) is 60.7 Å². The quantitative estimate of drug-likeness (QED) is 0.571. The monoisotopic (exact) mass is 397 g/mol. The highest BCUT2D eigenvalue weighted by molar-refractivity contribution is 9.11. The third-order valence-electron chi connectivity index (χ3n) is 3.55. The average Bonchev–Trinajstić information content (AvgIpc) is 3.05. The molecule has 0 aliphatic rings. The van der Waals surface area contributed by atoms with Gasteiger partial charge in [-0.2, -0.15) is 0 Å². The number of hydrogen-bond donors (Lipinski definition) is 1. The minimum absolute atomic E-state index is 0.114. The molecule has 2 aromatic carbocycles. The largest absolute Gasteiger partial charge is 0.342 e. The van der Waals surface area contributed by atoms with Gasteiger partial charge in [0.1, 0.15) is 0 Å². The topological polar surface area (TPSA) is 29.1 Å². The molecule has 0 aliphatic heterocycles. The van der Waals surface area contributed by atoms with Crippen LogP contribution in [-0.4, -0.2) is 5.91 Å². The maximum Gasteiger partial charge on any atom is 0.244 e. The number of thiophene rings is 1. The van der Waals surface area contributed by atoms with Gasteiger partial charge in [0.25, 0.3) is 0 Å². The summed E-state index contributed by atoms with van der Waals surface area (Å²) in [5.41, 5.74) is 2.12. The highest BCUT2D eigenvalue weighted by Crippen LogP contribution is 2.24. The number of benzene rings is 2. The summed E-state index contributed by atoms with van der Waals surface area (Å²) < 4.78 is 1.05. The first-order chi connectivity index (χ1) is 11.7. The van der Waals surface area contributed by atoms with E-state index >= 15 is 0 Å². The molecule has 2 nitrogen and oxygen atoms in total. The molecule has 0 atom stereocenters. The Labute approximate surface area is 154 Å². The van der Waals surface area contributed by atoms with Gasteiger partial charge in [-0.05, 0) is 45.3 Å². The van der Waals surface area contributed by atoms with Gasteiger partial charge in [-0.25, -0.2) is 0 Å². The lowest BCUT2D eigenvalue weighted by molar-refractivity contribution is -0.116. The SMILES string of the molecule is O=C(/C=C/c1ccc(Br)s1)NC(c1ccccc1)c1ccccc1. The zero-order valence-electron chi connectivity index (χ0n) is 12.9. The van der Waals surface area contributed by atoms with E-state index in [0.717, 1.165) is 19.8 Å². The molecular formula is C20H16BrNOS. The highest BCUT2D eigenvalue weighted by atomic mass is 79.9. The van der Waals surface area contributed by atoms with Gasteiger partial charge in [-0.3, -0.25) is 4.79 Å². The fourth-order valence-corrected chi connectivity index (χ4v) is 3.74. The fourth-order valence-electron chi connectivity index (χ4n) is 2.42. The first kappa shape index (κ1) is 16.7. The van der Waals surface area contributed by atoms with E-state index in [1.54, 1.807) is 17.4 Å². The summed E-state index contributed by atoms with van der Waals surface area (Å²) in [7, 11) is 0. The molecule has 1 heterocycles. The van der Waals surface area contributed by atoms with Gasteiger partial charge in [0.2, 0.25) is 5.91 Å². The summed E-state index contributed by atoms with van der Waals surface area (Å²) in [5.74, 6) is -0.114. The van der Waals surface area contributed by atoms with Gasteiger partial charge in [0.15, 0.2) is 0 Å². The van der Waals surface area contributed by atoms with E-state index < -0.39 is 0 Å². The van der Waals surface area contributed by atoms with Crippen LogP contribution in [0.1, 0.15) is 22.0 Å². The lowest BCUT2D eigenvalue weighted by Crippen LogP contribution is -2.27. The molecule has 4 heteroatoms. The van der Waals surface area contributed by atoms with E-state index in [1.165, 1.54) is 0 Å². The van der Waals surface area contributed by atoms with Crippen LogP contribution in [0.3, 0.4) is 0 Å². The Balaban J connectivity index is 1.79. The van der Waals surface area contributed by atoms with Crippen molar-refractivity contribution in [2.45, 2.75) is 6.04 Å². The average molecular weight is 398 g/mol. The molecule has 120 valence electrons. The Hall–Kier alpha value is -2.17. The summed E-state index contributed by atoms with van der Waals surface area (Å²) in [6, 6.07) is 23.8. The normalized spacial score (nSPS) is 11.1. The van der Waals surface area contributed by atoms with E-state index in [-0.39, 0.29) is 11.9 Å². The van der Waals surface area contributed by atoms with Crippen molar-refractivity contribution in [2.24, 2.45) is 0 Å². The third-order valence-corrected chi connectivity index (χ3v) is 5.13. The molecule has 1 N–H and O–H groups in total. The minimum Gasteiger partial charge on any atom is -0.342 e. The van der Waals surface area contributed by atoms with Crippen LogP contribution in [0.2, 0.25) is 0 Å². The summed E-state index contributed by atoms with van der Waals surface area (Å²) >= 11 is 5.02. The van der Waals surface area contributed by atoms with Gasteiger partial charge in [0, 0.05) is 11.0 Å². The van der Waals surface area contributed by atoms with Gasteiger partial charge in [-0.15, -0.1) is 11.3 Å². The molecule has 0 spiro atoms. The van der Waals surface area contributed by atoms with Crippen LogP contribution in [-0.2, 0) is 4.79 Å². The Kier molecular flexibility index (Phi) is 5.62. The van der Waals surface area contributed by atoms with Crippen LogP contribution in [0.5, 0.6) is 0 Å². The highest BCUT2D eigenvalue weighted by Gasteiger charge is 2.15. The van der Waals surface area contributed by atoms with Crippen LogP contribution < -0.4 is 5.32 Å². The molecule has 1 amide bonds. The summed E-state index contributed by atoms with van der Waals surface area (Å²) in [6.07, 6.45) is 3.41. The first-order valence-electron chi connectivity index (χ1n) is 7.56. The Bertz CT molecular complexity index is 788. The Morgan fingerprint density at radius 2 is 1.50 bits per heavy atom. The zero-order chi connectivity index (χ0) is 16.8. The number of rotatable bonds is 5. The molecule has 3 rings (SSSR count). The summed E-state index contributed by atoms with van der Waals surface area (Å²) in [5, 5.41) is 3.09.